The highest BCUT2D eigenvalue weighted by molar-refractivity contribution is 6.14. The Morgan fingerprint density at radius 2 is 0.962 bits per heavy atom. The normalized spacial score (nSPS) is 12.9. The quantitative estimate of drug-likeness (QED) is 0.174. The Bertz CT molecular complexity index is 2810. The van der Waals surface area contributed by atoms with E-state index in [9.17, 15) is 0 Å². The molecule has 0 fully saturated rings. The Morgan fingerprint density at radius 3 is 1.75 bits per heavy atom. The first-order valence-electron chi connectivity index (χ1n) is 18.4. The smallest absolute Gasteiger partial charge is 0.136 e. The van der Waals surface area contributed by atoms with Crippen molar-refractivity contribution in [1.29, 1.82) is 0 Å². The minimum atomic E-state index is -0.126. The molecule has 0 bridgehead atoms. The van der Waals surface area contributed by atoms with Gasteiger partial charge in [0.25, 0.3) is 0 Å². The standard InChI is InChI=1S/C51H37NO/c1-51(2)45-23-11-8-19-40(45)41-32-31-37(33-46(41)51)52(36-29-27-35(28-30-36)39-18-7-6-17-38(39)34-15-4-3-5-16-34)47-24-12-9-20-42(47)43-22-14-26-49-50(43)44-21-10-13-25-48(44)53-49/h3-33H,1-2H3. The molecule has 1 heterocycles. The number of benzene rings is 8. The number of fused-ring (bicyclic) bond motifs is 6. The third kappa shape index (κ3) is 5.02. The average Bonchev–Trinajstić information content (AvgIpc) is 3.71. The molecule has 1 aromatic heterocycles. The first-order valence-corrected chi connectivity index (χ1v) is 18.4. The summed E-state index contributed by atoms with van der Waals surface area (Å²) >= 11 is 0. The molecular weight excluding hydrogens is 643 g/mol. The summed E-state index contributed by atoms with van der Waals surface area (Å²) in [6.07, 6.45) is 0. The molecule has 10 rings (SSSR count). The van der Waals surface area contributed by atoms with Crippen LogP contribution in [0.3, 0.4) is 0 Å². The van der Waals surface area contributed by atoms with Gasteiger partial charge in [-0.25, -0.2) is 0 Å². The Kier molecular flexibility index (Phi) is 7.19. The summed E-state index contributed by atoms with van der Waals surface area (Å²) in [6, 6.07) is 67.8. The molecule has 0 aliphatic heterocycles. The summed E-state index contributed by atoms with van der Waals surface area (Å²) in [6.45, 7) is 4.70. The summed E-state index contributed by atoms with van der Waals surface area (Å²) in [5, 5.41) is 2.26. The van der Waals surface area contributed by atoms with Crippen LogP contribution >= 0.6 is 0 Å². The molecule has 2 heteroatoms. The monoisotopic (exact) mass is 679 g/mol. The Morgan fingerprint density at radius 1 is 0.396 bits per heavy atom. The van der Waals surface area contributed by atoms with Crippen molar-refractivity contribution < 1.29 is 4.42 Å². The van der Waals surface area contributed by atoms with Crippen molar-refractivity contribution in [3.05, 3.63) is 199 Å². The maximum atomic E-state index is 6.37. The van der Waals surface area contributed by atoms with Crippen molar-refractivity contribution in [2.24, 2.45) is 0 Å². The SMILES string of the molecule is CC1(C)c2ccccc2-c2ccc(N(c3ccc(-c4ccccc4-c4ccccc4)cc3)c3ccccc3-c3cccc4oc5ccccc5c34)cc21. The van der Waals surface area contributed by atoms with Gasteiger partial charge in [0.1, 0.15) is 11.2 Å². The number of hydrogen-bond acceptors (Lipinski definition) is 2. The lowest BCUT2D eigenvalue weighted by atomic mass is 9.82. The summed E-state index contributed by atoms with van der Waals surface area (Å²) in [7, 11) is 0. The highest BCUT2D eigenvalue weighted by Crippen LogP contribution is 2.52. The number of furan rings is 1. The van der Waals surface area contributed by atoms with Gasteiger partial charge < -0.3 is 9.32 Å². The van der Waals surface area contributed by atoms with Crippen LogP contribution in [-0.4, -0.2) is 0 Å². The fraction of sp³-hybridized carbons (Fsp3) is 0.0588. The predicted octanol–water partition coefficient (Wildman–Crippen LogP) is 14.4. The van der Waals surface area contributed by atoms with Gasteiger partial charge in [-0.1, -0.05) is 159 Å². The van der Waals surface area contributed by atoms with Gasteiger partial charge in [-0.15, -0.1) is 0 Å². The number of anilines is 3. The zero-order valence-corrected chi connectivity index (χ0v) is 29.8. The third-order valence-corrected chi connectivity index (χ3v) is 11.1. The van der Waals surface area contributed by atoms with Crippen LogP contribution in [0.1, 0.15) is 25.0 Å². The van der Waals surface area contributed by atoms with Gasteiger partial charge in [0.15, 0.2) is 0 Å². The van der Waals surface area contributed by atoms with Crippen molar-refractivity contribution in [2.75, 3.05) is 4.90 Å². The molecule has 2 nitrogen and oxygen atoms in total. The average molecular weight is 680 g/mol. The molecule has 0 spiro atoms. The highest BCUT2D eigenvalue weighted by atomic mass is 16.3. The van der Waals surface area contributed by atoms with Gasteiger partial charge in [-0.3, -0.25) is 0 Å². The molecule has 0 amide bonds. The molecule has 0 saturated heterocycles. The lowest BCUT2D eigenvalue weighted by Gasteiger charge is -2.30. The maximum absolute atomic E-state index is 6.37. The predicted molar refractivity (Wildman–Crippen MR) is 222 cm³/mol. The van der Waals surface area contributed by atoms with Crippen molar-refractivity contribution in [2.45, 2.75) is 19.3 Å². The molecule has 0 unspecified atom stereocenters. The fourth-order valence-corrected chi connectivity index (χ4v) is 8.55. The maximum Gasteiger partial charge on any atom is 0.136 e. The topological polar surface area (TPSA) is 16.4 Å². The van der Waals surface area contributed by atoms with E-state index < -0.39 is 0 Å². The van der Waals surface area contributed by atoms with Crippen LogP contribution in [0, 0.1) is 0 Å². The lowest BCUT2D eigenvalue weighted by molar-refractivity contribution is 0.660. The van der Waals surface area contributed by atoms with Gasteiger partial charge >= 0.3 is 0 Å². The molecule has 1 aliphatic carbocycles. The second-order valence-electron chi connectivity index (χ2n) is 14.5. The molecular formula is C51H37NO. The van der Waals surface area contributed by atoms with E-state index in [1.807, 2.05) is 6.07 Å². The molecule has 0 atom stereocenters. The number of para-hydroxylation sites is 2. The summed E-state index contributed by atoms with van der Waals surface area (Å²) in [4.78, 5) is 2.43. The highest BCUT2D eigenvalue weighted by Gasteiger charge is 2.36. The zero-order valence-electron chi connectivity index (χ0n) is 29.8. The number of nitrogens with zero attached hydrogens (tertiary/aromatic N) is 1. The van der Waals surface area contributed by atoms with Crippen molar-refractivity contribution in [1.82, 2.24) is 0 Å². The summed E-state index contributed by atoms with van der Waals surface area (Å²) in [5.41, 5.74) is 17.5. The number of rotatable bonds is 6. The molecule has 53 heavy (non-hydrogen) atoms. The Balaban J connectivity index is 1.17. The van der Waals surface area contributed by atoms with Crippen LogP contribution < -0.4 is 4.90 Å². The first kappa shape index (κ1) is 31.1. The fourth-order valence-electron chi connectivity index (χ4n) is 8.55. The van der Waals surface area contributed by atoms with Crippen molar-refractivity contribution in [3.63, 3.8) is 0 Å². The van der Waals surface area contributed by atoms with E-state index in [1.54, 1.807) is 0 Å². The van der Waals surface area contributed by atoms with Crippen LogP contribution in [0.25, 0.3) is 66.4 Å². The van der Waals surface area contributed by atoms with Crippen molar-refractivity contribution >= 4 is 39.0 Å². The van der Waals surface area contributed by atoms with Crippen molar-refractivity contribution in [3.8, 4) is 44.5 Å². The molecule has 9 aromatic rings. The van der Waals surface area contributed by atoms with E-state index in [0.717, 1.165) is 50.1 Å². The van der Waals surface area contributed by atoms with E-state index in [-0.39, 0.29) is 5.41 Å². The first-order chi connectivity index (χ1) is 26.1. The van der Waals surface area contributed by atoms with E-state index >= 15 is 0 Å². The Labute approximate surface area is 310 Å². The third-order valence-electron chi connectivity index (χ3n) is 11.1. The minimum absolute atomic E-state index is 0.126. The summed E-state index contributed by atoms with van der Waals surface area (Å²) < 4.78 is 6.37. The Hall–Kier alpha value is -6.64. The summed E-state index contributed by atoms with van der Waals surface area (Å²) in [5.74, 6) is 0. The largest absolute Gasteiger partial charge is 0.456 e. The van der Waals surface area contributed by atoms with Gasteiger partial charge in [-0.2, -0.15) is 0 Å². The lowest BCUT2D eigenvalue weighted by Crippen LogP contribution is -2.16. The van der Waals surface area contributed by atoms with Crippen LogP contribution in [0.15, 0.2) is 192 Å². The van der Waals surface area contributed by atoms with E-state index in [2.05, 4.69) is 201 Å². The molecule has 0 radical (unpaired) electrons. The minimum Gasteiger partial charge on any atom is -0.456 e. The molecule has 8 aromatic carbocycles. The second kappa shape index (κ2) is 12.3. The van der Waals surface area contributed by atoms with Gasteiger partial charge in [0.2, 0.25) is 0 Å². The zero-order chi connectivity index (χ0) is 35.5. The van der Waals surface area contributed by atoms with Crippen LogP contribution in [0.4, 0.5) is 17.1 Å². The van der Waals surface area contributed by atoms with E-state index in [4.69, 9.17) is 4.42 Å². The van der Waals surface area contributed by atoms with Crippen LogP contribution in [0.5, 0.6) is 0 Å². The molecule has 0 N–H and O–H groups in total. The van der Waals surface area contributed by atoms with Crippen LogP contribution in [0.2, 0.25) is 0 Å². The van der Waals surface area contributed by atoms with Crippen LogP contribution in [-0.2, 0) is 5.41 Å². The van der Waals surface area contributed by atoms with Gasteiger partial charge in [0, 0.05) is 33.1 Å². The molecule has 0 saturated carbocycles. The number of hydrogen-bond donors (Lipinski definition) is 0. The van der Waals surface area contributed by atoms with E-state index in [0.29, 0.717) is 0 Å². The van der Waals surface area contributed by atoms with Gasteiger partial charge in [-0.05, 0) is 92.5 Å². The van der Waals surface area contributed by atoms with E-state index in [1.165, 1.54) is 44.5 Å². The molecule has 252 valence electrons. The molecule has 1 aliphatic rings. The second-order valence-corrected chi connectivity index (χ2v) is 14.5. The van der Waals surface area contributed by atoms with Gasteiger partial charge in [0.05, 0.1) is 5.69 Å².